The van der Waals surface area contributed by atoms with Crippen LogP contribution in [0.2, 0.25) is 0 Å². The Bertz CT molecular complexity index is 240. The molecule has 70 valence electrons. The Balaban J connectivity index is 0. The SMILES string of the molecule is Cc1cc(N)ncc1CN.Cl.Cl. The van der Waals surface area contributed by atoms with E-state index in [4.69, 9.17) is 11.5 Å². The Hall–Kier alpha value is -0.510. The number of nitrogen functional groups attached to an aromatic ring is 1. The number of hydrogen-bond acceptors (Lipinski definition) is 3. The number of rotatable bonds is 1. The van der Waals surface area contributed by atoms with Crippen molar-refractivity contribution in [1.29, 1.82) is 0 Å². The van der Waals surface area contributed by atoms with Crippen LogP contribution < -0.4 is 11.5 Å². The van der Waals surface area contributed by atoms with Crippen molar-refractivity contribution >= 4 is 30.6 Å². The molecule has 4 N–H and O–H groups in total. The van der Waals surface area contributed by atoms with Gasteiger partial charge in [0.15, 0.2) is 0 Å². The monoisotopic (exact) mass is 209 g/mol. The van der Waals surface area contributed by atoms with Crippen LogP contribution in [0.4, 0.5) is 5.82 Å². The molecule has 0 fully saturated rings. The zero-order valence-corrected chi connectivity index (χ0v) is 8.41. The van der Waals surface area contributed by atoms with Gasteiger partial charge in [0.25, 0.3) is 0 Å². The fraction of sp³-hybridized carbons (Fsp3) is 0.286. The fourth-order valence-corrected chi connectivity index (χ4v) is 0.820. The molecule has 0 atom stereocenters. The first kappa shape index (κ1) is 14.0. The molecular weight excluding hydrogens is 197 g/mol. The molecule has 0 saturated carbocycles. The third-order valence-corrected chi connectivity index (χ3v) is 1.46. The first-order chi connectivity index (χ1) is 4.74. The van der Waals surface area contributed by atoms with Crippen LogP contribution in [0.25, 0.3) is 0 Å². The molecule has 1 aromatic heterocycles. The normalized spacial score (nSPS) is 8.17. The molecule has 0 aliphatic heterocycles. The highest BCUT2D eigenvalue weighted by Gasteiger charge is 1.95. The summed E-state index contributed by atoms with van der Waals surface area (Å²) in [6, 6.07) is 1.82. The second kappa shape index (κ2) is 6.06. The maximum Gasteiger partial charge on any atom is 0.123 e. The third kappa shape index (κ3) is 3.26. The lowest BCUT2D eigenvalue weighted by Crippen LogP contribution is -2.01. The van der Waals surface area contributed by atoms with Gasteiger partial charge in [0, 0.05) is 12.7 Å². The summed E-state index contributed by atoms with van der Waals surface area (Å²) in [5, 5.41) is 0. The average molecular weight is 210 g/mol. The van der Waals surface area contributed by atoms with Gasteiger partial charge < -0.3 is 11.5 Å². The molecule has 1 heterocycles. The molecule has 5 heteroatoms. The lowest BCUT2D eigenvalue weighted by Gasteiger charge is -2.01. The Morgan fingerprint density at radius 1 is 1.42 bits per heavy atom. The lowest BCUT2D eigenvalue weighted by molar-refractivity contribution is 1.03. The van der Waals surface area contributed by atoms with E-state index in [-0.39, 0.29) is 24.8 Å². The van der Waals surface area contributed by atoms with Crippen molar-refractivity contribution in [3.8, 4) is 0 Å². The van der Waals surface area contributed by atoms with Crippen molar-refractivity contribution in [3.63, 3.8) is 0 Å². The Kier molecular flexibility index (Phi) is 7.09. The number of halogens is 2. The maximum absolute atomic E-state index is 5.43. The lowest BCUT2D eigenvalue weighted by atomic mass is 10.1. The number of anilines is 1. The summed E-state index contributed by atoms with van der Waals surface area (Å²) < 4.78 is 0. The highest BCUT2D eigenvalue weighted by atomic mass is 35.5. The molecule has 0 saturated heterocycles. The number of nitrogens with two attached hydrogens (primary N) is 2. The molecule has 0 amide bonds. The number of pyridine rings is 1. The van der Waals surface area contributed by atoms with E-state index >= 15 is 0 Å². The molecular formula is C7H13Cl2N3. The molecule has 0 unspecified atom stereocenters. The zero-order chi connectivity index (χ0) is 7.56. The van der Waals surface area contributed by atoms with Crippen LogP contribution in [0.1, 0.15) is 11.1 Å². The summed E-state index contributed by atoms with van der Waals surface area (Å²) in [5.41, 5.74) is 13.0. The minimum absolute atomic E-state index is 0. The first-order valence-electron chi connectivity index (χ1n) is 3.15. The topological polar surface area (TPSA) is 64.9 Å². The van der Waals surface area contributed by atoms with E-state index in [9.17, 15) is 0 Å². The molecule has 3 nitrogen and oxygen atoms in total. The van der Waals surface area contributed by atoms with Gasteiger partial charge in [-0.05, 0) is 24.1 Å². The predicted molar refractivity (Wildman–Crippen MR) is 55.8 cm³/mol. The van der Waals surface area contributed by atoms with Crippen LogP contribution in [0.3, 0.4) is 0 Å². The quantitative estimate of drug-likeness (QED) is 0.733. The second-order valence-corrected chi connectivity index (χ2v) is 2.24. The summed E-state index contributed by atoms with van der Waals surface area (Å²) in [6.07, 6.45) is 1.71. The Morgan fingerprint density at radius 2 is 2.00 bits per heavy atom. The minimum atomic E-state index is 0. The van der Waals surface area contributed by atoms with Crippen LogP contribution in [-0.4, -0.2) is 4.98 Å². The van der Waals surface area contributed by atoms with Gasteiger partial charge in [-0.3, -0.25) is 0 Å². The Labute approximate surface area is 84.4 Å². The van der Waals surface area contributed by atoms with E-state index in [1.54, 1.807) is 6.20 Å². The molecule has 1 aromatic rings. The largest absolute Gasteiger partial charge is 0.384 e. The number of hydrogen-bond donors (Lipinski definition) is 2. The molecule has 0 radical (unpaired) electrons. The van der Waals surface area contributed by atoms with Gasteiger partial charge >= 0.3 is 0 Å². The van der Waals surface area contributed by atoms with Crippen LogP contribution >= 0.6 is 24.8 Å². The molecule has 0 bridgehead atoms. The number of aryl methyl sites for hydroxylation is 1. The number of aromatic nitrogens is 1. The summed E-state index contributed by atoms with van der Waals surface area (Å²) in [4.78, 5) is 3.91. The summed E-state index contributed by atoms with van der Waals surface area (Å²) in [5.74, 6) is 0.551. The zero-order valence-electron chi connectivity index (χ0n) is 6.78. The van der Waals surface area contributed by atoms with Crippen molar-refractivity contribution in [2.24, 2.45) is 5.73 Å². The van der Waals surface area contributed by atoms with E-state index in [0.717, 1.165) is 11.1 Å². The van der Waals surface area contributed by atoms with Gasteiger partial charge in [-0.25, -0.2) is 4.98 Å². The summed E-state index contributed by atoms with van der Waals surface area (Å²) >= 11 is 0. The van der Waals surface area contributed by atoms with E-state index in [0.29, 0.717) is 12.4 Å². The van der Waals surface area contributed by atoms with Gasteiger partial charge in [0.05, 0.1) is 0 Å². The highest BCUT2D eigenvalue weighted by Crippen LogP contribution is 2.07. The van der Waals surface area contributed by atoms with Crippen molar-refractivity contribution < 1.29 is 0 Å². The van der Waals surface area contributed by atoms with Crippen molar-refractivity contribution in [2.45, 2.75) is 13.5 Å². The van der Waals surface area contributed by atoms with Crippen molar-refractivity contribution in [3.05, 3.63) is 23.4 Å². The second-order valence-electron chi connectivity index (χ2n) is 2.24. The molecule has 1 rings (SSSR count). The van der Waals surface area contributed by atoms with Gasteiger partial charge in [-0.1, -0.05) is 0 Å². The van der Waals surface area contributed by atoms with E-state index in [1.807, 2.05) is 13.0 Å². The smallest absolute Gasteiger partial charge is 0.123 e. The van der Waals surface area contributed by atoms with E-state index < -0.39 is 0 Å². The molecule has 0 aliphatic carbocycles. The minimum Gasteiger partial charge on any atom is -0.384 e. The van der Waals surface area contributed by atoms with E-state index in [2.05, 4.69) is 4.98 Å². The highest BCUT2D eigenvalue weighted by molar-refractivity contribution is 5.85. The number of nitrogens with zero attached hydrogens (tertiary/aromatic N) is 1. The van der Waals surface area contributed by atoms with Gasteiger partial charge in [-0.2, -0.15) is 0 Å². The van der Waals surface area contributed by atoms with Gasteiger partial charge in [-0.15, -0.1) is 24.8 Å². The molecule has 0 spiro atoms. The van der Waals surface area contributed by atoms with E-state index in [1.165, 1.54) is 0 Å². The van der Waals surface area contributed by atoms with Gasteiger partial charge in [0.2, 0.25) is 0 Å². The van der Waals surface area contributed by atoms with Crippen molar-refractivity contribution in [2.75, 3.05) is 5.73 Å². The van der Waals surface area contributed by atoms with Crippen LogP contribution in [-0.2, 0) is 6.54 Å². The fourth-order valence-electron chi connectivity index (χ4n) is 0.820. The van der Waals surface area contributed by atoms with Crippen LogP contribution in [0.5, 0.6) is 0 Å². The summed E-state index contributed by atoms with van der Waals surface area (Å²) in [6.45, 7) is 2.50. The molecule has 12 heavy (non-hydrogen) atoms. The van der Waals surface area contributed by atoms with Crippen molar-refractivity contribution in [1.82, 2.24) is 4.98 Å². The summed E-state index contributed by atoms with van der Waals surface area (Å²) in [7, 11) is 0. The Morgan fingerprint density at radius 3 is 2.42 bits per heavy atom. The average Bonchev–Trinajstić information content (AvgIpc) is 1.88. The maximum atomic E-state index is 5.43. The molecule has 0 aromatic carbocycles. The molecule has 0 aliphatic rings. The first-order valence-corrected chi connectivity index (χ1v) is 3.15. The van der Waals surface area contributed by atoms with Crippen LogP contribution in [0.15, 0.2) is 12.3 Å². The third-order valence-electron chi connectivity index (χ3n) is 1.46. The predicted octanol–water partition coefficient (Wildman–Crippen LogP) is 1.27. The van der Waals surface area contributed by atoms with Crippen LogP contribution in [0, 0.1) is 6.92 Å². The van der Waals surface area contributed by atoms with Gasteiger partial charge in [0.1, 0.15) is 5.82 Å². The standard InChI is InChI=1S/C7H11N3.2ClH/c1-5-2-7(9)10-4-6(5)3-8;;/h2,4H,3,8H2,1H3,(H2,9,10);2*1H.